The van der Waals surface area contributed by atoms with Gasteiger partial charge in [-0.25, -0.2) is 0 Å². The molecule has 3 nitrogen and oxygen atoms in total. The van der Waals surface area contributed by atoms with Gasteiger partial charge in [-0.2, -0.15) is 0 Å². The van der Waals surface area contributed by atoms with Crippen LogP contribution in [0.4, 0.5) is 0 Å². The second kappa shape index (κ2) is 3.28. The Morgan fingerprint density at radius 1 is 1.13 bits per heavy atom. The molecule has 3 heteroatoms. The van der Waals surface area contributed by atoms with Crippen LogP contribution in [0.3, 0.4) is 0 Å². The van der Waals surface area contributed by atoms with E-state index in [-0.39, 0.29) is 0 Å². The smallest absolute Gasteiger partial charge is 0.117 e. The monoisotopic (exact) mass is 202 g/mol. The highest BCUT2D eigenvalue weighted by Gasteiger charge is 2.13. The van der Waals surface area contributed by atoms with Gasteiger partial charge in [0.2, 0.25) is 0 Å². The van der Waals surface area contributed by atoms with Crippen molar-refractivity contribution in [3.63, 3.8) is 0 Å². The number of aromatic nitrogens is 1. The number of nitrogens with one attached hydrogen (secondary N) is 2. The molecule has 2 aromatic rings. The molecule has 0 fully saturated rings. The zero-order chi connectivity index (χ0) is 10.3. The highest BCUT2D eigenvalue weighted by molar-refractivity contribution is 5.86. The summed E-state index contributed by atoms with van der Waals surface area (Å²) in [5.41, 5.74) is 3.79. The molecule has 0 radical (unpaired) electrons. The van der Waals surface area contributed by atoms with E-state index in [9.17, 15) is 5.11 Å². The third-order valence-electron chi connectivity index (χ3n) is 3.08. The molecule has 0 spiro atoms. The Kier molecular flexibility index (Phi) is 1.92. The fourth-order valence-electron chi connectivity index (χ4n) is 2.35. The predicted octanol–water partition coefficient (Wildman–Crippen LogP) is 1.56. The van der Waals surface area contributed by atoms with Crippen molar-refractivity contribution in [1.29, 1.82) is 0 Å². The van der Waals surface area contributed by atoms with Crippen molar-refractivity contribution in [3.8, 4) is 5.75 Å². The van der Waals surface area contributed by atoms with Crippen molar-refractivity contribution >= 4 is 10.9 Å². The summed E-state index contributed by atoms with van der Waals surface area (Å²) in [5, 5.41) is 14.1. The first-order chi connectivity index (χ1) is 7.34. The maximum absolute atomic E-state index is 9.41. The lowest BCUT2D eigenvalue weighted by Crippen LogP contribution is -2.16. The summed E-state index contributed by atoms with van der Waals surface area (Å²) in [7, 11) is 0. The second-order valence-corrected chi connectivity index (χ2v) is 4.06. The quantitative estimate of drug-likeness (QED) is 0.607. The van der Waals surface area contributed by atoms with Gasteiger partial charge in [-0.1, -0.05) is 0 Å². The van der Waals surface area contributed by atoms with Crippen LogP contribution in [-0.4, -0.2) is 23.2 Å². The molecule has 0 atom stereocenters. The number of aromatic hydroxyl groups is 1. The first-order valence-corrected chi connectivity index (χ1v) is 5.38. The molecule has 2 heterocycles. The average Bonchev–Trinajstić information content (AvgIpc) is 2.42. The van der Waals surface area contributed by atoms with Crippen molar-refractivity contribution in [2.75, 3.05) is 13.1 Å². The first kappa shape index (κ1) is 8.80. The number of hydrogen-bond donors (Lipinski definition) is 3. The predicted molar refractivity (Wildman–Crippen MR) is 60.2 cm³/mol. The zero-order valence-electron chi connectivity index (χ0n) is 8.51. The van der Waals surface area contributed by atoms with Crippen LogP contribution >= 0.6 is 0 Å². The molecule has 0 bridgehead atoms. The molecule has 0 unspecified atom stereocenters. The lowest BCUT2D eigenvalue weighted by molar-refractivity contribution is 0.476. The summed E-state index contributed by atoms with van der Waals surface area (Å²) >= 11 is 0. The molecule has 78 valence electrons. The number of fused-ring (bicyclic) bond motifs is 3. The number of rotatable bonds is 0. The zero-order valence-corrected chi connectivity index (χ0v) is 8.51. The molecule has 0 saturated heterocycles. The van der Waals surface area contributed by atoms with Gasteiger partial charge in [0.05, 0.1) is 0 Å². The van der Waals surface area contributed by atoms with E-state index >= 15 is 0 Å². The van der Waals surface area contributed by atoms with E-state index in [1.807, 2.05) is 6.07 Å². The van der Waals surface area contributed by atoms with Crippen LogP contribution in [0.15, 0.2) is 18.2 Å². The van der Waals surface area contributed by atoms with Crippen LogP contribution in [0.2, 0.25) is 0 Å². The third kappa shape index (κ3) is 1.39. The Bertz CT molecular complexity index is 502. The van der Waals surface area contributed by atoms with Crippen LogP contribution in [-0.2, 0) is 12.8 Å². The van der Waals surface area contributed by atoms with Crippen molar-refractivity contribution in [2.45, 2.75) is 12.8 Å². The normalized spacial score (nSPS) is 16.3. The largest absolute Gasteiger partial charge is 0.508 e. The van der Waals surface area contributed by atoms with Crippen LogP contribution < -0.4 is 5.32 Å². The van der Waals surface area contributed by atoms with Crippen LogP contribution in [0.5, 0.6) is 5.75 Å². The fraction of sp³-hybridized carbons (Fsp3) is 0.333. The molecule has 0 aliphatic carbocycles. The van der Waals surface area contributed by atoms with Gasteiger partial charge in [0.25, 0.3) is 0 Å². The Morgan fingerprint density at radius 3 is 2.93 bits per heavy atom. The summed E-state index contributed by atoms with van der Waals surface area (Å²) in [4.78, 5) is 3.40. The van der Waals surface area contributed by atoms with Crippen molar-refractivity contribution in [3.05, 3.63) is 29.5 Å². The third-order valence-corrected chi connectivity index (χ3v) is 3.08. The van der Waals surface area contributed by atoms with Crippen LogP contribution in [0, 0.1) is 0 Å². The van der Waals surface area contributed by atoms with E-state index in [0.29, 0.717) is 5.75 Å². The van der Waals surface area contributed by atoms with Gasteiger partial charge in [-0.3, -0.25) is 0 Å². The highest BCUT2D eigenvalue weighted by Crippen LogP contribution is 2.27. The van der Waals surface area contributed by atoms with Crippen molar-refractivity contribution in [2.24, 2.45) is 0 Å². The van der Waals surface area contributed by atoms with E-state index in [2.05, 4.69) is 10.3 Å². The van der Waals surface area contributed by atoms with E-state index in [1.165, 1.54) is 16.6 Å². The van der Waals surface area contributed by atoms with Gasteiger partial charge in [0.15, 0.2) is 0 Å². The molecule has 1 aliphatic heterocycles. The first-order valence-electron chi connectivity index (χ1n) is 5.38. The van der Waals surface area contributed by atoms with Crippen LogP contribution in [0.1, 0.15) is 11.3 Å². The number of aromatic amines is 1. The van der Waals surface area contributed by atoms with Gasteiger partial charge >= 0.3 is 0 Å². The molecule has 1 aliphatic rings. The maximum Gasteiger partial charge on any atom is 0.117 e. The molecule has 1 aromatic carbocycles. The van der Waals surface area contributed by atoms with Gasteiger partial charge in [0, 0.05) is 35.6 Å². The fourth-order valence-corrected chi connectivity index (χ4v) is 2.35. The molecular weight excluding hydrogens is 188 g/mol. The van der Waals surface area contributed by atoms with E-state index in [0.717, 1.165) is 31.4 Å². The van der Waals surface area contributed by atoms with Gasteiger partial charge in [-0.15, -0.1) is 0 Å². The molecule has 15 heavy (non-hydrogen) atoms. The van der Waals surface area contributed by atoms with E-state index in [4.69, 9.17) is 0 Å². The summed E-state index contributed by atoms with van der Waals surface area (Å²) in [6.45, 7) is 2.08. The average molecular weight is 202 g/mol. The van der Waals surface area contributed by atoms with E-state index < -0.39 is 0 Å². The Labute approximate surface area is 88.1 Å². The maximum atomic E-state index is 9.41. The minimum Gasteiger partial charge on any atom is -0.508 e. The molecular formula is C12H14N2O. The van der Waals surface area contributed by atoms with Crippen molar-refractivity contribution in [1.82, 2.24) is 10.3 Å². The minimum atomic E-state index is 0.331. The van der Waals surface area contributed by atoms with Crippen molar-refractivity contribution < 1.29 is 5.11 Å². The summed E-state index contributed by atoms with van der Waals surface area (Å²) < 4.78 is 0. The second-order valence-electron chi connectivity index (χ2n) is 4.06. The standard InChI is InChI=1S/C12H14N2O/c15-8-1-2-9-10-3-5-13-6-4-11(10)14-12(9)7-8/h1-2,7,13-15H,3-6H2. The number of phenolic OH excluding ortho intramolecular Hbond substituents is 1. The number of phenols is 1. The molecule has 1 aromatic heterocycles. The lowest BCUT2D eigenvalue weighted by atomic mass is 10.1. The summed E-state index contributed by atoms with van der Waals surface area (Å²) in [6.07, 6.45) is 2.12. The summed E-state index contributed by atoms with van der Waals surface area (Å²) in [6, 6.07) is 5.57. The number of H-pyrrole nitrogens is 1. The molecule has 0 amide bonds. The summed E-state index contributed by atoms with van der Waals surface area (Å²) in [5.74, 6) is 0.331. The minimum absolute atomic E-state index is 0.331. The van der Waals surface area contributed by atoms with Gasteiger partial charge < -0.3 is 15.4 Å². The Hall–Kier alpha value is -1.48. The number of hydrogen-bond acceptors (Lipinski definition) is 2. The van der Waals surface area contributed by atoms with Crippen LogP contribution in [0.25, 0.3) is 10.9 Å². The Morgan fingerprint density at radius 2 is 2.00 bits per heavy atom. The highest BCUT2D eigenvalue weighted by atomic mass is 16.3. The lowest BCUT2D eigenvalue weighted by Gasteiger charge is -1.98. The topological polar surface area (TPSA) is 48.0 Å². The molecule has 3 N–H and O–H groups in total. The van der Waals surface area contributed by atoms with Gasteiger partial charge in [-0.05, 0) is 30.7 Å². The van der Waals surface area contributed by atoms with Gasteiger partial charge in [0.1, 0.15) is 5.75 Å². The molecule has 0 saturated carbocycles. The molecule has 3 rings (SSSR count). The SMILES string of the molecule is Oc1ccc2c3c([nH]c2c1)CCNCC3. The van der Waals surface area contributed by atoms with E-state index in [1.54, 1.807) is 12.1 Å². The number of benzene rings is 1. The Balaban J connectivity index is 2.23.